The van der Waals surface area contributed by atoms with E-state index in [4.69, 9.17) is 4.74 Å². The number of benzene rings is 2. The summed E-state index contributed by atoms with van der Waals surface area (Å²) in [5.41, 5.74) is 1.06. The molecular formula is C24H20FN3O4S2. The van der Waals surface area contributed by atoms with Crippen LogP contribution in [0.4, 0.5) is 4.39 Å². The van der Waals surface area contributed by atoms with Crippen molar-refractivity contribution >= 4 is 27.3 Å². The van der Waals surface area contributed by atoms with E-state index < -0.39 is 15.8 Å². The lowest BCUT2D eigenvalue weighted by Crippen LogP contribution is -2.24. The van der Waals surface area contributed by atoms with E-state index in [1.54, 1.807) is 24.4 Å². The molecule has 0 bridgehead atoms. The Morgan fingerprint density at radius 1 is 1.00 bits per heavy atom. The molecule has 0 spiro atoms. The zero-order chi connectivity index (χ0) is 24.0. The van der Waals surface area contributed by atoms with E-state index >= 15 is 0 Å². The van der Waals surface area contributed by atoms with Gasteiger partial charge >= 0.3 is 0 Å². The molecule has 0 aliphatic heterocycles. The van der Waals surface area contributed by atoms with E-state index in [0.29, 0.717) is 17.2 Å². The number of halogens is 1. The minimum atomic E-state index is -3.68. The third-order valence-corrected chi connectivity index (χ3v) is 7.01. The Hall–Kier alpha value is -3.60. The van der Waals surface area contributed by atoms with Gasteiger partial charge in [0.15, 0.2) is 0 Å². The van der Waals surface area contributed by atoms with Crippen LogP contribution in [0.5, 0.6) is 11.6 Å². The first-order valence-corrected chi connectivity index (χ1v) is 12.5. The lowest BCUT2D eigenvalue weighted by molar-refractivity contribution is 0.0950. The van der Waals surface area contributed by atoms with E-state index in [9.17, 15) is 17.6 Å². The minimum Gasteiger partial charge on any atom is -0.439 e. The van der Waals surface area contributed by atoms with Gasteiger partial charge in [-0.2, -0.15) is 0 Å². The second kappa shape index (κ2) is 10.6. The highest BCUT2D eigenvalue weighted by molar-refractivity contribution is 7.89. The number of pyridine rings is 1. The van der Waals surface area contributed by atoms with Gasteiger partial charge in [0.1, 0.15) is 11.6 Å². The average molecular weight is 498 g/mol. The third kappa shape index (κ3) is 6.25. The van der Waals surface area contributed by atoms with Crippen LogP contribution in [0.3, 0.4) is 0 Å². The molecule has 4 rings (SSSR count). The van der Waals surface area contributed by atoms with E-state index in [1.165, 1.54) is 53.8 Å². The van der Waals surface area contributed by atoms with Gasteiger partial charge in [-0.25, -0.2) is 22.5 Å². The summed E-state index contributed by atoms with van der Waals surface area (Å²) < 4.78 is 46.2. The van der Waals surface area contributed by atoms with Crippen molar-refractivity contribution in [3.05, 3.63) is 106 Å². The normalized spacial score (nSPS) is 11.2. The maximum atomic E-state index is 13.2. The lowest BCUT2D eigenvalue weighted by Gasteiger charge is -2.09. The highest BCUT2D eigenvalue weighted by Crippen LogP contribution is 2.20. The molecule has 0 atom stereocenters. The summed E-state index contributed by atoms with van der Waals surface area (Å²) in [6, 6.07) is 18.5. The number of nitrogens with zero attached hydrogens (tertiary/aromatic N) is 1. The number of carbonyl (C=O) groups excluding carboxylic acids is 1. The number of sulfonamides is 1. The second-order valence-electron chi connectivity index (χ2n) is 7.18. The molecule has 0 saturated heterocycles. The molecule has 0 saturated carbocycles. The number of amides is 1. The van der Waals surface area contributed by atoms with Crippen LogP contribution in [0.1, 0.15) is 20.8 Å². The van der Waals surface area contributed by atoms with Crippen LogP contribution < -0.4 is 14.8 Å². The van der Waals surface area contributed by atoms with Gasteiger partial charge in [-0.15, -0.1) is 11.3 Å². The molecule has 2 N–H and O–H groups in total. The predicted octanol–water partition coefficient (Wildman–Crippen LogP) is 4.48. The molecule has 2 aromatic heterocycles. The first-order chi connectivity index (χ1) is 16.4. The molecule has 0 aliphatic carbocycles. The van der Waals surface area contributed by atoms with Crippen molar-refractivity contribution in [2.24, 2.45) is 0 Å². The van der Waals surface area contributed by atoms with Crippen molar-refractivity contribution < 1.29 is 22.3 Å². The predicted molar refractivity (Wildman–Crippen MR) is 127 cm³/mol. The molecule has 4 aromatic rings. The van der Waals surface area contributed by atoms with Crippen LogP contribution in [0, 0.1) is 5.82 Å². The lowest BCUT2D eigenvalue weighted by atomic mass is 10.2. The Balaban J connectivity index is 1.30. The Bertz CT molecular complexity index is 1360. The number of nitrogens with one attached hydrogen (secondary N) is 2. The van der Waals surface area contributed by atoms with E-state index in [0.717, 1.165) is 10.4 Å². The Morgan fingerprint density at radius 3 is 2.50 bits per heavy atom. The molecule has 0 aliphatic rings. The van der Waals surface area contributed by atoms with Gasteiger partial charge in [-0.05, 0) is 53.4 Å². The molecule has 34 heavy (non-hydrogen) atoms. The zero-order valence-corrected chi connectivity index (χ0v) is 19.4. The summed E-state index contributed by atoms with van der Waals surface area (Å²) in [5, 5.41) is 4.64. The van der Waals surface area contributed by atoms with Crippen molar-refractivity contribution in [2.45, 2.75) is 18.0 Å². The van der Waals surface area contributed by atoms with Crippen molar-refractivity contribution in [1.29, 1.82) is 0 Å². The SMILES string of the molecule is O=C(NCc1ccc(Oc2cccc(F)c2)nc1)c1ccc(S(=O)(=O)NCc2cccs2)cc1. The highest BCUT2D eigenvalue weighted by atomic mass is 32.2. The molecule has 2 heterocycles. The van der Waals surface area contributed by atoms with Gasteiger partial charge in [0.2, 0.25) is 15.9 Å². The van der Waals surface area contributed by atoms with E-state index in [-0.39, 0.29) is 23.9 Å². The summed E-state index contributed by atoms with van der Waals surface area (Å²) in [6.45, 7) is 0.427. The van der Waals surface area contributed by atoms with Crippen LogP contribution in [0.25, 0.3) is 0 Å². The van der Waals surface area contributed by atoms with Crippen LogP contribution in [-0.4, -0.2) is 19.3 Å². The molecular weight excluding hydrogens is 477 g/mol. The monoisotopic (exact) mass is 497 g/mol. The molecule has 0 unspecified atom stereocenters. The van der Waals surface area contributed by atoms with Gasteiger partial charge in [0.05, 0.1) is 4.90 Å². The van der Waals surface area contributed by atoms with Crippen LogP contribution in [0.15, 0.2) is 89.3 Å². The summed E-state index contributed by atoms with van der Waals surface area (Å²) >= 11 is 1.47. The fraction of sp³-hybridized carbons (Fsp3) is 0.0833. The molecule has 7 nitrogen and oxygen atoms in total. The second-order valence-corrected chi connectivity index (χ2v) is 9.97. The summed E-state index contributed by atoms with van der Waals surface area (Å²) in [4.78, 5) is 17.6. The number of hydrogen-bond donors (Lipinski definition) is 2. The van der Waals surface area contributed by atoms with Gasteiger partial charge in [0.25, 0.3) is 5.91 Å². The smallest absolute Gasteiger partial charge is 0.251 e. The van der Waals surface area contributed by atoms with Gasteiger partial charge < -0.3 is 10.1 Å². The fourth-order valence-electron chi connectivity index (χ4n) is 2.96. The number of hydrogen-bond acceptors (Lipinski definition) is 6. The van der Waals surface area contributed by atoms with Crippen molar-refractivity contribution in [3.8, 4) is 11.6 Å². The standard InChI is InChI=1S/C24H20FN3O4S2/c25-19-3-1-4-20(13-19)32-23-11-6-17(14-26-23)15-27-24(29)18-7-9-22(10-8-18)34(30,31)28-16-21-5-2-12-33-21/h1-14,28H,15-16H2,(H,27,29). The molecule has 0 fully saturated rings. The largest absolute Gasteiger partial charge is 0.439 e. The Labute approximate surface area is 200 Å². The minimum absolute atomic E-state index is 0.0821. The van der Waals surface area contributed by atoms with Crippen LogP contribution in [0.2, 0.25) is 0 Å². The summed E-state index contributed by atoms with van der Waals surface area (Å²) in [7, 11) is -3.68. The van der Waals surface area contributed by atoms with Crippen LogP contribution >= 0.6 is 11.3 Å². The maximum Gasteiger partial charge on any atom is 0.251 e. The fourth-order valence-corrected chi connectivity index (χ4v) is 4.70. The molecule has 0 radical (unpaired) electrons. The topological polar surface area (TPSA) is 97.4 Å². The summed E-state index contributed by atoms with van der Waals surface area (Å²) in [6.07, 6.45) is 1.55. The first kappa shape index (κ1) is 23.6. The number of aromatic nitrogens is 1. The number of ether oxygens (including phenoxy) is 1. The molecule has 174 valence electrons. The van der Waals surface area contributed by atoms with E-state index in [1.807, 2.05) is 17.5 Å². The Kier molecular flexibility index (Phi) is 7.31. The Morgan fingerprint density at radius 2 is 1.82 bits per heavy atom. The van der Waals surface area contributed by atoms with E-state index in [2.05, 4.69) is 15.0 Å². The molecule has 10 heteroatoms. The van der Waals surface area contributed by atoms with Crippen LogP contribution in [-0.2, 0) is 23.1 Å². The average Bonchev–Trinajstić information content (AvgIpc) is 3.36. The number of thiophene rings is 1. The third-order valence-electron chi connectivity index (χ3n) is 4.71. The first-order valence-electron chi connectivity index (χ1n) is 10.2. The molecule has 2 aromatic carbocycles. The number of carbonyl (C=O) groups is 1. The summed E-state index contributed by atoms with van der Waals surface area (Å²) in [5.74, 6) is -0.126. The quantitative estimate of drug-likeness (QED) is 0.355. The highest BCUT2D eigenvalue weighted by Gasteiger charge is 2.15. The van der Waals surface area contributed by atoms with Crippen molar-refractivity contribution in [1.82, 2.24) is 15.0 Å². The van der Waals surface area contributed by atoms with Gasteiger partial charge in [-0.1, -0.05) is 18.2 Å². The zero-order valence-electron chi connectivity index (χ0n) is 17.8. The van der Waals surface area contributed by atoms with Gasteiger partial charge in [-0.3, -0.25) is 4.79 Å². The molecule has 1 amide bonds. The maximum absolute atomic E-state index is 13.2. The van der Waals surface area contributed by atoms with Crippen molar-refractivity contribution in [3.63, 3.8) is 0 Å². The van der Waals surface area contributed by atoms with Crippen molar-refractivity contribution in [2.75, 3.05) is 0 Å². The number of rotatable bonds is 9. The van der Waals surface area contributed by atoms with Gasteiger partial charge in [0, 0.05) is 41.9 Å².